The van der Waals surface area contributed by atoms with E-state index in [1.807, 2.05) is 0 Å². The fourth-order valence-corrected chi connectivity index (χ4v) is 1.22. The van der Waals surface area contributed by atoms with Gasteiger partial charge in [0.05, 0.1) is 18.4 Å². The van der Waals surface area contributed by atoms with Crippen LogP contribution < -0.4 is 0 Å². The zero-order valence-electron chi connectivity index (χ0n) is 9.44. The molecule has 0 saturated heterocycles. The van der Waals surface area contributed by atoms with Crippen molar-refractivity contribution < 1.29 is 19.1 Å². The minimum Gasteiger partial charge on any atom is -0.465 e. The van der Waals surface area contributed by atoms with Crippen LogP contribution in [0.3, 0.4) is 0 Å². The molecule has 5 nitrogen and oxygen atoms in total. The smallest absolute Gasteiger partial charge is 0.337 e. The molecule has 0 N–H and O–H groups in total. The zero-order chi connectivity index (χ0) is 12.1. The molecule has 1 rings (SSSR count). The van der Waals surface area contributed by atoms with E-state index < -0.39 is 5.97 Å². The van der Waals surface area contributed by atoms with Crippen molar-refractivity contribution in [1.82, 2.24) is 4.98 Å². The van der Waals surface area contributed by atoms with Gasteiger partial charge in [0.2, 0.25) is 0 Å². The van der Waals surface area contributed by atoms with Crippen molar-refractivity contribution in [3.8, 4) is 0 Å². The predicted molar refractivity (Wildman–Crippen MR) is 55.8 cm³/mol. The molecular weight excluding hydrogens is 210 g/mol. The Morgan fingerprint density at radius 2 is 2.06 bits per heavy atom. The van der Waals surface area contributed by atoms with Crippen LogP contribution in [-0.2, 0) is 20.9 Å². The summed E-state index contributed by atoms with van der Waals surface area (Å²) in [5.74, 6) is -0.822. The fraction of sp³-hybridized carbons (Fsp3) is 0.364. The summed E-state index contributed by atoms with van der Waals surface area (Å²) in [5.41, 5.74) is 1.60. The van der Waals surface area contributed by atoms with Crippen LogP contribution in [0.25, 0.3) is 0 Å². The van der Waals surface area contributed by atoms with Crippen LogP contribution in [0.4, 0.5) is 0 Å². The largest absolute Gasteiger partial charge is 0.465 e. The molecule has 0 saturated carbocycles. The fourth-order valence-electron chi connectivity index (χ4n) is 1.22. The minimum atomic E-state index is -0.436. The van der Waals surface area contributed by atoms with Crippen molar-refractivity contribution in [1.29, 1.82) is 0 Å². The van der Waals surface area contributed by atoms with Gasteiger partial charge < -0.3 is 9.47 Å². The van der Waals surface area contributed by atoms with Gasteiger partial charge in [-0.15, -0.1) is 0 Å². The van der Waals surface area contributed by atoms with Crippen LogP contribution in [0, 0.1) is 6.92 Å². The first-order valence-electron chi connectivity index (χ1n) is 4.72. The average molecular weight is 223 g/mol. The lowest BCUT2D eigenvalue weighted by atomic mass is 10.2. The molecular formula is C11H13NO4. The third-order valence-corrected chi connectivity index (χ3v) is 1.85. The van der Waals surface area contributed by atoms with Gasteiger partial charge >= 0.3 is 11.9 Å². The maximum absolute atomic E-state index is 11.3. The van der Waals surface area contributed by atoms with E-state index in [1.165, 1.54) is 14.0 Å². The monoisotopic (exact) mass is 223 g/mol. The molecule has 86 valence electrons. The highest BCUT2D eigenvalue weighted by Crippen LogP contribution is 2.08. The van der Waals surface area contributed by atoms with Crippen molar-refractivity contribution in [3.63, 3.8) is 0 Å². The lowest BCUT2D eigenvalue weighted by molar-refractivity contribution is -0.142. The predicted octanol–water partition coefficient (Wildman–Crippen LogP) is 1.24. The van der Waals surface area contributed by atoms with Gasteiger partial charge in [-0.05, 0) is 19.1 Å². The minimum absolute atomic E-state index is 0.0566. The van der Waals surface area contributed by atoms with Crippen LogP contribution in [0.15, 0.2) is 12.1 Å². The molecule has 16 heavy (non-hydrogen) atoms. The Labute approximate surface area is 93.4 Å². The second-order valence-corrected chi connectivity index (χ2v) is 3.26. The molecule has 0 bridgehead atoms. The van der Waals surface area contributed by atoms with Crippen LogP contribution in [0.2, 0.25) is 0 Å². The molecule has 0 fully saturated rings. The first-order valence-corrected chi connectivity index (χ1v) is 4.72. The standard InChI is InChI=1S/C11H13NO4/c1-7-4-9(11(14)15-3)5-10(12-7)6-16-8(2)13/h4-5H,6H2,1-3H3. The van der Waals surface area contributed by atoms with Gasteiger partial charge in [-0.1, -0.05) is 0 Å². The summed E-state index contributed by atoms with van der Waals surface area (Å²) in [6.45, 7) is 3.13. The van der Waals surface area contributed by atoms with Gasteiger partial charge in [0, 0.05) is 12.6 Å². The van der Waals surface area contributed by atoms with Crippen LogP contribution in [0.1, 0.15) is 28.7 Å². The number of nitrogens with zero attached hydrogens (tertiary/aromatic N) is 1. The number of carbonyl (C=O) groups is 2. The molecule has 0 spiro atoms. The number of hydrogen-bond donors (Lipinski definition) is 0. The summed E-state index contributed by atoms with van der Waals surface area (Å²) in [7, 11) is 1.31. The third kappa shape index (κ3) is 3.34. The van der Waals surface area contributed by atoms with Crippen molar-refractivity contribution in [2.24, 2.45) is 0 Å². The zero-order valence-corrected chi connectivity index (χ0v) is 9.44. The third-order valence-electron chi connectivity index (χ3n) is 1.85. The molecule has 0 aliphatic rings. The van der Waals surface area contributed by atoms with E-state index in [9.17, 15) is 9.59 Å². The molecule has 1 aromatic rings. The Balaban J connectivity index is 2.89. The molecule has 0 aliphatic carbocycles. The highest BCUT2D eigenvalue weighted by Gasteiger charge is 2.09. The molecule has 1 aromatic heterocycles. The molecule has 5 heteroatoms. The second-order valence-electron chi connectivity index (χ2n) is 3.26. The number of carbonyl (C=O) groups excluding carboxylic acids is 2. The number of rotatable bonds is 3. The molecule has 0 aliphatic heterocycles. The number of hydrogen-bond acceptors (Lipinski definition) is 5. The number of aryl methyl sites for hydroxylation is 1. The van der Waals surface area contributed by atoms with E-state index in [4.69, 9.17) is 4.74 Å². The summed E-state index contributed by atoms with van der Waals surface area (Å²) in [4.78, 5) is 26.1. The van der Waals surface area contributed by atoms with Crippen LogP contribution >= 0.6 is 0 Å². The summed E-state index contributed by atoms with van der Waals surface area (Å²) in [6, 6.07) is 3.16. The number of methoxy groups -OCH3 is 1. The van der Waals surface area contributed by atoms with E-state index in [0.717, 1.165) is 0 Å². The number of ether oxygens (including phenoxy) is 2. The van der Waals surface area contributed by atoms with E-state index in [0.29, 0.717) is 17.0 Å². The van der Waals surface area contributed by atoms with Crippen molar-refractivity contribution in [2.75, 3.05) is 7.11 Å². The first kappa shape index (κ1) is 12.2. The lowest BCUT2D eigenvalue weighted by Gasteiger charge is -2.05. The Morgan fingerprint density at radius 1 is 1.38 bits per heavy atom. The van der Waals surface area contributed by atoms with Crippen LogP contribution in [0.5, 0.6) is 0 Å². The van der Waals surface area contributed by atoms with Gasteiger partial charge in [0.1, 0.15) is 6.61 Å². The van der Waals surface area contributed by atoms with Gasteiger partial charge in [0.25, 0.3) is 0 Å². The van der Waals surface area contributed by atoms with E-state index in [2.05, 4.69) is 9.72 Å². The van der Waals surface area contributed by atoms with Crippen molar-refractivity contribution in [3.05, 3.63) is 29.1 Å². The normalized spacial score (nSPS) is 9.69. The van der Waals surface area contributed by atoms with E-state index in [1.54, 1.807) is 19.1 Å². The summed E-state index contributed by atoms with van der Waals surface area (Å²) in [5, 5.41) is 0. The number of aromatic nitrogens is 1. The maximum Gasteiger partial charge on any atom is 0.337 e. The van der Waals surface area contributed by atoms with Gasteiger partial charge in [-0.3, -0.25) is 9.78 Å². The van der Waals surface area contributed by atoms with Crippen LogP contribution in [-0.4, -0.2) is 24.0 Å². The lowest BCUT2D eigenvalue weighted by Crippen LogP contribution is -2.06. The molecule has 0 aromatic carbocycles. The number of esters is 2. The SMILES string of the molecule is COC(=O)c1cc(C)nc(COC(C)=O)c1. The van der Waals surface area contributed by atoms with Gasteiger partial charge in [-0.2, -0.15) is 0 Å². The van der Waals surface area contributed by atoms with E-state index in [-0.39, 0.29) is 12.6 Å². The van der Waals surface area contributed by atoms with Crippen molar-refractivity contribution >= 4 is 11.9 Å². The Bertz CT molecular complexity index is 414. The summed E-state index contributed by atoms with van der Waals surface area (Å²) < 4.78 is 9.40. The Kier molecular flexibility index (Phi) is 3.99. The maximum atomic E-state index is 11.3. The average Bonchev–Trinajstić information content (AvgIpc) is 2.24. The number of pyridine rings is 1. The Morgan fingerprint density at radius 3 is 2.62 bits per heavy atom. The molecule has 1 heterocycles. The second kappa shape index (κ2) is 5.25. The molecule has 0 radical (unpaired) electrons. The molecule has 0 atom stereocenters. The van der Waals surface area contributed by atoms with Gasteiger partial charge in [0.15, 0.2) is 0 Å². The topological polar surface area (TPSA) is 65.5 Å². The first-order chi connectivity index (χ1) is 7.52. The van der Waals surface area contributed by atoms with E-state index >= 15 is 0 Å². The highest BCUT2D eigenvalue weighted by molar-refractivity contribution is 5.89. The Hall–Kier alpha value is -1.91. The van der Waals surface area contributed by atoms with Gasteiger partial charge in [-0.25, -0.2) is 4.79 Å². The molecule has 0 amide bonds. The summed E-state index contributed by atoms with van der Waals surface area (Å²) >= 11 is 0. The summed E-state index contributed by atoms with van der Waals surface area (Å²) in [6.07, 6.45) is 0. The highest BCUT2D eigenvalue weighted by atomic mass is 16.5. The van der Waals surface area contributed by atoms with Crippen molar-refractivity contribution in [2.45, 2.75) is 20.5 Å². The molecule has 0 unspecified atom stereocenters. The quantitative estimate of drug-likeness (QED) is 0.721.